The Morgan fingerprint density at radius 2 is 1.52 bits per heavy atom. The highest BCUT2D eigenvalue weighted by Crippen LogP contribution is 2.42. The maximum absolute atomic E-state index is 6.05. The van der Waals surface area contributed by atoms with Crippen LogP contribution < -0.4 is 10.5 Å². The first-order valence-electron chi connectivity index (χ1n) is 7.05. The normalized spacial score (nSPS) is 11.8. The van der Waals surface area contributed by atoms with E-state index in [1.165, 1.54) is 22.3 Å². The van der Waals surface area contributed by atoms with Crippen LogP contribution in [-0.4, -0.2) is 0 Å². The van der Waals surface area contributed by atoms with Gasteiger partial charge in [0.2, 0.25) is 0 Å². The minimum absolute atomic E-state index is 0.744. The quantitative estimate of drug-likeness (QED) is 0.540. The molecular weight excluding hydrogens is 258 g/mol. The molecule has 4 rings (SSSR count). The lowest BCUT2D eigenvalue weighted by Crippen LogP contribution is -1.91. The van der Waals surface area contributed by atoms with Crippen LogP contribution in [0, 0.1) is 0 Å². The van der Waals surface area contributed by atoms with Gasteiger partial charge in [0.05, 0.1) is 0 Å². The first kappa shape index (κ1) is 12.0. The Balaban J connectivity index is 1.74. The Morgan fingerprint density at radius 3 is 2.38 bits per heavy atom. The van der Waals surface area contributed by atoms with Crippen LogP contribution in [0.4, 0.5) is 5.69 Å². The lowest BCUT2D eigenvalue weighted by Gasteiger charge is -2.10. The summed E-state index contributed by atoms with van der Waals surface area (Å²) in [6, 6.07) is 22.3. The molecule has 1 aliphatic rings. The number of fused-ring (bicyclic) bond motifs is 3. The maximum Gasteiger partial charge on any atom is 0.131 e. The summed E-state index contributed by atoms with van der Waals surface area (Å²) in [5, 5.41) is 0. The third kappa shape index (κ3) is 2.05. The van der Waals surface area contributed by atoms with Gasteiger partial charge in [-0.25, -0.2) is 0 Å². The molecule has 0 unspecified atom stereocenters. The van der Waals surface area contributed by atoms with Gasteiger partial charge in [-0.3, -0.25) is 0 Å². The first-order valence-corrected chi connectivity index (χ1v) is 7.05. The van der Waals surface area contributed by atoms with Gasteiger partial charge in [0, 0.05) is 17.7 Å². The Hall–Kier alpha value is -2.74. The fourth-order valence-electron chi connectivity index (χ4n) is 2.89. The summed E-state index contributed by atoms with van der Waals surface area (Å²) in [4.78, 5) is 0. The number of nitrogens with two attached hydrogens (primary N) is 1. The number of rotatable bonds is 2. The molecule has 2 nitrogen and oxygen atoms in total. The third-order valence-corrected chi connectivity index (χ3v) is 3.92. The average molecular weight is 273 g/mol. The summed E-state index contributed by atoms with van der Waals surface area (Å²) in [7, 11) is 0. The van der Waals surface area contributed by atoms with Gasteiger partial charge in [-0.05, 0) is 47.0 Å². The van der Waals surface area contributed by atoms with Crippen LogP contribution in [0.15, 0.2) is 66.7 Å². The van der Waals surface area contributed by atoms with Crippen molar-refractivity contribution in [2.45, 2.75) is 6.42 Å². The van der Waals surface area contributed by atoms with E-state index < -0.39 is 0 Å². The van der Waals surface area contributed by atoms with Crippen molar-refractivity contribution < 1.29 is 4.74 Å². The van der Waals surface area contributed by atoms with E-state index in [1.807, 2.05) is 36.4 Å². The molecule has 0 bridgehead atoms. The Morgan fingerprint density at radius 1 is 0.762 bits per heavy atom. The lowest BCUT2D eigenvalue weighted by atomic mass is 10.1. The second kappa shape index (κ2) is 4.67. The molecule has 3 aromatic rings. The van der Waals surface area contributed by atoms with E-state index in [2.05, 4.69) is 30.3 Å². The Bertz CT molecular complexity index is 806. The molecule has 102 valence electrons. The largest absolute Gasteiger partial charge is 0.457 e. The molecule has 0 heterocycles. The van der Waals surface area contributed by atoms with Crippen molar-refractivity contribution in [2.75, 3.05) is 5.73 Å². The van der Waals surface area contributed by atoms with Crippen LogP contribution in [0.1, 0.15) is 11.1 Å². The molecule has 0 atom stereocenters. The minimum Gasteiger partial charge on any atom is -0.457 e. The van der Waals surface area contributed by atoms with Crippen molar-refractivity contribution >= 4 is 5.69 Å². The number of nitrogen functional groups attached to an aromatic ring is 1. The summed E-state index contributed by atoms with van der Waals surface area (Å²) in [6.07, 6.45) is 0.927. The molecule has 2 heteroatoms. The van der Waals surface area contributed by atoms with Crippen molar-refractivity contribution in [3.63, 3.8) is 0 Å². The number of hydrogen-bond donors (Lipinski definition) is 1. The summed E-state index contributed by atoms with van der Waals surface area (Å²) >= 11 is 0. The number of hydrogen-bond acceptors (Lipinski definition) is 2. The standard InChI is InChI=1S/C19H15NO/c20-14-8-10-15(11-9-14)21-19-7-3-6-17-16-5-2-1-4-13(16)12-18(17)19/h1-11H,12,20H2. The molecular formula is C19H15NO. The van der Waals surface area contributed by atoms with E-state index in [0.29, 0.717) is 0 Å². The zero-order valence-electron chi connectivity index (χ0n) is 11.5. The highest BCUT2D eigenvalue weighted by atomic mass is 16.5. The monoisotopic (exact) mass is 273 g/mol. The van der Waals surface area contributed by atoms with Gasteiger partial charge < -0.3 is 10.5 Å². The van der Waals surface area contributed by atoms with Crippen LogP contribution in [0.5, 0.6) is 11.5 Å². The fraction of sp³-hybridized carbons (Fsp3) is 0.0526. The van der Waals surface area contributed by atoms with Crippen LogP contribution in [0.3, 0.4) is 0 Å². The molecule has 2 N–H and O–H groups in total. The van der Waals surface area contributed by atoms with Gasteiger partial charge >= 0.3 is 0 Å². The van der Waals surface area contributed by atoms with Gasteiger partial charge in [0.25, 0.3) is 0 Å². The second-order valence-corrected chi connectivity index (χ2v) is 5.29. The highest BCUT2D eigenvalue weighted by molar-refractivity contribution is 5.79. The lowest BCUT2D eigenvalue weighted by molar-refractivity contribution is 0.478. The summed E-state index contributed by atoms with van der Waals surface area (Å²) < 4.78 is 6.05. The third-order valence-electron chi connectivity index (χ3n) is 3.92. The molecule has 0 radical (unpaired) electrons. The molecule has 0 amide bonds. The molecule has 21 heavy (non-hydrogen) atoms. The zero-order valence-corrected chi connectivity index (χ0v) is 11.5. The van der Waals surface area contributed by atoms with E-state index in [-0.39, 0.29) is 0 Å². The van der Waals surface area contributed by atoms with Gasteiger partial charge in [0.15, 0.2) is 0 Å². The zero-order chi connectivity index (χ0) is 14.2. The molecule has 0 aliphatic heterocycles. The second-order valence-electron chi connectivity index (χ2n) is 5.29. The van der Waals surface area contributed by atoms with Crippen molar-refractivity contribution in [2.24, 2.45) is 0 Å². The van der Waals surface area contributed by atoms with E-state index >= 15 is 0 Å². The molecule has 0 fully saturated rings. The number of ether oxygens (including phenoxy) is 1. The van der Waals surface area contributed by atoms with Gasteiger partial charge in [-0.2, -0.15) is 0 Å². The molecule has 0 aromatic heterocycles. The van der Waals surface area contributed by atoms with Crippen molar-refractivity contribution in [1.82, 2.24) is 0 Å². The van der Waals surface area contributed by atoms with Crippen molar-refractivity contribution in [3.05, 3.63) is 77.9 Å². The molecule has 3 aromatic carbocycles. The van der Waals surface area contributed by atoms with Crippen molar-refractivity contribution in [1.29, 1.82) is 0 Å². The summed E-state index contributed by atoms with van der Waals surface area (Å²) in [5.74, 6) is 1.74. The molecule has 0 spiro atoms. The van der Waals surface area contributed by atoms with Gasteiger partial charge in [0.1, 0.15) is 11.5 Å². The highest BCUT2D eigenvalue weighted by Gasteiger charge is 2.21. The Kier molecular flexibility index (Phi) is 2.68. The van der Waals surface area contributed by atoms with Gasteiger partial charge in [-0.1, -0.05) is 36.4 Å². The molecule has 1 aliphatic carbocycles. The van der Waals surface area contributed by atoms with Gasteiger partial charge in [-0.15, -0.1) is 0 Å². The number of benzene rings is 3. The van der Waals surface area contributed by atoms with E-state index in [4.69, 9.17) is 10.5 Å². The fourth-order valence-corrected chi connectivity index (χ4v) is 2.89. The van der Waals surface area contributed by atoms with Crippen LogP contribution in [-0.2, 0) is 6.42 Å². The summed E-state index contributed by atoms with van der Waals surface area (Å²) in [6.45, 7) is 0. The molecule has 0 saturated heterocycles. The van der Waals surface area contributed by atoms with E-state index in [0.717, 1.165) is 23.6 Å². The van der Waals surface area contributed by atoms with Crippen LogP contribution in [0.25, 0.3) is 11.1 Å². The SMILES string of the molecule is Nc1ccc(Oc2cccc3c2Cc2ccccc2-3)cc1. The van der Waals surface area contributed by atoms with E-state index in [9.17, 15) is 0 Å². The minimum atomic E-state index is 0.744. The average Bonchev–Trinajstić information content (AvgIpc) is 2.89. The smallest absolute Gasteiger partial charge is 0.131 e. The van der Waals surface area contributed by atoms with Crippen molar-refractivity contribution in [3.8, 4) is 22.6 Å². The topological polar surface area (TPSA) is 35.2 Å². The van der Waals surface area contributed by atoms with Crippen LogP contribution >= 0.6 is 0 Å². The Labute approximate surface area is 123 Å². The summed E-state index contributed by atoms with van der Waals surface area (Å²) in [5.41, 5.74) is 11.7. The predicted octanol–water partition coefficient (Wildman–Crippen LogP) is 4.63. The number of anilines is 1. The maximum atomic E-state index is 6.05. The van der Waals surface area contributed by atoms with Crippen LogP contribution in [0.2, 0.25) is 0 Å². The first-order chi connectivity index (χ1) is 10.3. The predicted molar refractivity (Wildman–Crippen MR) is 85.6 cm³/mol. The molecule has 0 saturated carbocycles. The van der Waals surface area contributed by atoms with E-state index in [1.54, 1.807) is 0 Å².